The number of hydrogen-bond donors (Lipinski definition) is 2. The largest absolute Gasteiger partial charge is 0.397 e. The number of carbonyl (C=O) groups excluding carboxylic acids is 1. The Kier molecular flexibility index (Phi) is 5.92. The highest BCUT2D eigenvalue weighted by molar-refractivity contribution is 6.32. The van der Waals surface area contributed by atoms with Crippen molar-refractivity contribution in [2.45, 2.75) is 33.1 Å². The number of nitrogens with one attached hydrogen (secondary N) is 1. The van der Waals surface area contributed by atoms with Crippen molar-refractivity contribution in [2.75, 3.05) is 12.3 Å². The molecule has 0 bridgehead atoms. The minimum atomic E-state index is -0.218. The topological polar surface area (TPSA) is 68.0 Å². The molecule has 100 valence electrons. The van der Waals surface area contributed by atoms with Gasteiger partial charge in [0.25, 0.3) is 5.91 Å². The van der Waals surface area contributed by atoms with E-state index in [4.69, 9.17) is 17.3 Å². The maximum Gasteiger partial charge on any atom is 0.254 e. The van der Waals surface area contributed by atoms with Crippen molar-refractivity contribution >= 4 is 23.2 Å². The van der Waals surface area contributed by atoms with E-state index in [1.165, 1.54) is 12.6 Å². The second-order valence-corrected chi connectivity index (χ2v) is 5.11. The smallest absolute Gasteiger partial charge is 0.254 e. The Morgan fingerprint density at radius 3 is 2.89 bits per heavy atom. The van der Waals surface area contributed by atoms with Crippen LogP contribution in [0.15, 0.2) is 12.3 Å². The van der Waals surface area contributed by atoms with Crippen molar-refractivity contribution in [3.8, 4) is 0 Å². The Morgan fingerprint density at radius 2 is 2.22 bits per heavy atom. The highest BCUT2D eigenvalue weighted by atomic mass is 35.5. The molecule has 0 unspecified atom stereocenters. The summed E-state index contributed by atoms with van der Waals surface area (Å²) in [5.74, 6) is 0.484. The van der Waals surface area contributed by atoms with Gasteiger partial charge in [0.05, 0.1) is 17.4 Å². The first-order valence-electron chi connectivity index (χ1n) is 6.20. The maximum absolute atomic E-state index is 11.8. The van der Waals surface area contributed by atoms with Gasteiger partial charge in [-0.15, -0.1) is 0 Å². The molecule has 4 nitrogen and oxygen atoms in total. The summed E-state index contributed by atoms with van der Waals surface area (Å²) in [4.78, 5) is 15.7. The second-order valence-electron chi connectivity index (χ2n) is 4.75. The van der Waals surface area contributed by atoms with E-state index in [0.29, 0.717) is 23.7 Å². The van der Waals surface area contributed by atoms with Crippen molar-refractivity contribution < 1.29 is 4.79 Å². The molecule has 1 heterocycles. The van der Waals surface area contributed by atoms with E-state index in [1.807, 2.05) is 0 Å². The number of aromatic nitrogens is 1. The third-order valence-electron chi connectivity index (χ3n) is 2.60. The van der Waals surface area contributed by atoms with Gasteiger partial charge in [-0.1, -0.05) is 38.3 Å². The van der Waals surface area contributed by atoms with E-state index >= 15 is 0 Å². The van der Waals surface area contributed by atoms with Crippen molar-refractivity contribution in [3.05, 3.63) is 23.0 Å². The lowest BCUT2D eigenvalue weighted by Gasteiger charge is -2.07. The van der Waals surface area contributed by atoms with E-state index in [9.17, 15) is 4.79 Å². The summed E-state index contributed by atoms with van der Waals surface area (Å²) in [6.45, 7) is 5.03. The van der Waals surface area contributed by atoms with Crippen LogP contribution in [-0.4, -0.2) is 17.4 Å². The normalized spacial score (nSPS) is 10.7. The number of halogens is 1. The Bertz CT molecular complexity index is 407. The molecule has 0 aromatic carbocycles. The van der Waals surface area contributed by atoms with Crippen LogP contribution >= 0.6 is 11.6 Å². The van der Waals surface area contributed by atoms with Crippen LogP contribution in [0.25, 0.3) is 0 Å². The molecule has 1 aromatic heterocycles. The van der Waals surface area contributed by atoms with Gasteiger partial charge in [0, 0.05) is 6.54 Å². The lowest BCUT2D eigenvalue weighted by Crippen LogP contribution is -2.25. The summed E-state index contributed by atoms with van der Waals surface area (Å²) in [5.41, 5.74) is 6.34. The maximum atomic E-state index is 11.8. The monoisotopic (exact) mass is 269 g/mol. The molecule has 0 radical (unpaired) electrons. The number of unbranched alkanes of at least 4 members (excludes halogenated alkanes) is 1. The zero-order chi connectivity index (χ0) is 13.5. The van der Waals surface area contributed by atoms with Crippen molar-refractivity contribution in [1.82, 2.24) is 10.3 Å². The van der Waals surface area contributed by atoms with Crippen LogP contribution in [0.5, 0.6) is 0 Å². The van der Waals surface area contributed by atoms with Crippen LogP contribution in [0, 0.1) is 5.92 Å². The fraction of sp³-hybridized carbons (Fsp3) is 0.538. The van der Waals surface area contributed by atoms with Gasteiger partial charge in [-0.25, -0.2) is 4.98 Å². The van der Waals surface area contributed by atoms with Gasteiger partial charge >= 0.3 is 0 Å². The number of nitrogen functional groups attached to an aromatic ring is 1. The fourth-order valence-corrected chi connectivity index (χ4v) is 1.79. The minimum absolute atomic E-state index is 0.184. The predicted octanol–water partition coefficient (Wildman–Crippen LogP) is 2.87. The molecule has 0 aliphatic carbocycles. The first kappa shape index (κ1) is 14.8. The van der Waals surface area contributed by atoms with Gasteiger partial charge in [-0.3, -0.25) is 4.79 Å². The van der Waals surface area contributed by atoms with E-state index in [1.54, 1.807) is 6.07 Å². The van der Waals surface area contributed by atoms with Crippen LogP contribution in [-0.2, 0) is 0 Å². The number of anilines is 1. The van der Waals surface area contributed by atoms with Crippen LogP contribution in [0.4, 0.5) is 5.69 Å². The van der Waals surface area contributed by atoms with Crippen LogP contribution in [0.3, 0.4) is 0 Å². The molecule has 0 atom stereocenters. The van der Waals surface area contributed by atoms with Gasteiger partial charge in [0.2, 0.25) is 0 Å². The van der Waals surface area contributed by atoms with Gasteiger partial charge in [0.1, 0.15) is 5.15 Å². The van der Waals surface area contributed by atoms with Crippen LogP contribution in [0.2, 0.25) is 5.15 Å². The molecule has 1 amide bonds. The zero-order valence-electron chi connectivity index (χ0n) is 10.9. The first-order chi connectivity index (χ1) is 8.50. The quantitative estimate of drug-likeness (QED) is 0.616. The molecule has 18 heavy (non-hydrogen) atoms. The molecule has 0 fully saturated rings. The van der Waals surface area contributed by atoms with Crippen molar-refractivity contribution in [3.63, 3.8) is 0 Å². The third-order valence-corrected chi connectivity index (χ3v) is 2.90. The zero-order valence-corrected chi connectivity index (χ0v) is 11.6. The predicted molar refractivity (Wildman–Crippen MR) is 74.7 cm³/mol. The standard InChI is InChI=1S/C13H20ClN3O/c1-9(2)5-3-4-6-16-13(18)11-7-10(15)8-17-12(11)14/h7-9H,3-6,15H2,1-2H3,(H,16,18). The Labute approximate surface area is 113 Å². The van der Waals surface area contributed by atoms with Gasteiger partial charge in [-0.05, 0) is 18.4 Å². The molecule has 1 aromatic rings. The van der Waals surface area contributed by atoms with E-state index in [2.05, 4.69) is 24.1 Å². The molecule has 0 aliphatic heterocycles. The van der Waals surface area contributed by atoms with Crippen LogP contribution < -0.4 is 11.1 Å². The average molecular weight is 270 g/mol. The molecular weight excluding hydrogens is 250 g/mol. The third kappa shape index (κ3) is 4.92. The SMILES string of the molecule is CC(C)CCCCNC(=O)c1cc(N)cnc1Cl. The summed E-state index contributed by atoms with van der Waals surface area (Å²) >= 11 is 5.85. The van der Waals surface area contributed by atoms with Crippen LogP contribution in [0.1, 0.15) is 43.5 Å². The number of nitrogens with two attached hydrogens (primary N) is 1. The number of carbonyl (C=O) groups is 1. The number of pyridine rings is 1. The Morgan fingerprint density at radius 1 is 1.50 bits per heavy atom. The highest BCUT2D eigenvalue weighted by Crippen LogP contribution is 2.15. The number of amides is 1. The summed E-state index contributed by atoms with van der Waals surface area (Å²) < 4.78 is 0. The highest BCUT2D eigenvalue weighted by Gasteiger charge is 2.11. The molecule has 5 heteroatoms. The van der Waals surface area contributed by atoms with E-state index in [0.717, 1.165) is 12.8 Å². The summed E-state index contributed by atoms with van der Waals surface area (Å²) in [6, 6.07) is 1.54. The minimum Gasteiger partial charge on any atom is -0.397 e. The van der Waals surface area contributed by atoms with Crippen molar-refractivity contribution in [2.24, 2.45) is 5.92 Å². The average Bonchev–Trinajstić information content (AvgIpc) is 2.31. The summed E-state index contributed by atoms with van der Waals surface area (Å²) in [7, 11) is 0. The molecular formula is C13H20ClN3O. The Hall–Kier alpha value is -1.29. The molecule has 0 aliphatic rings. The molecule has 0 saturated carbocycles. The van der Waals surface area contributed by atoms with Crippen molar-refractivity contribution in [1.29, 1.82) is 0 Å². The number of rotatable bonds is 6. The molecule has 0 saturated heterocycles. The number of hydrogen-bond acceptors (Lipinski definition) is 3. The lowest BCUT2D eigenvalue weighted by molar-refractivity contribution is 0.0952. The first-order valence-corrected chi connectivity index (χ1v) is 6.57. The van der Waals surface area contributed by atoms with Gasteiger partial charge < -0.3 is 11.1 Å². The molecule has 3 N–H and O–H groups in total. The summed E-state index contributed by atoms with van der Waals surface area (Å²) in [5, 5.41) is 3.01. The second kappa shape index (κ2) is 7.21. The van der Waals surface area contributed by atoms with Gasteiger partial charge in [0.15, 0.2) is 0 Å². The molecule has 0 spiro atoms. The van der Waals surface area contributed by atoms with E-state index in [-0.39, 0.29) is 11.1 Å². The molecule has 1 rings (SSSR count). The number of nitrogens with zero attached hydrogens (tertiary/aromatic N) is 1. The summed E-state index contributed by atoms with van der Waals surface area (Å²) in [6.07, 6.45) is 4.69. The fourth-order valence-electron chi connectivity index (χ4n) is 1.60. The van der Waals surface area contributed by atoms with Gasteiger partial charge in [-0.2, -0.15) is 0 Å². The lowest BCUT2D eigenvalue weighted by atomic mass is 10.1. The van der Waals surface area contributed by atoms with E-state index < -0.39 is 0 Å². The Balaban J connectivity index is 2.39.